The molecule has 3 nitrogen and oxygen atoms in total. The minimum absolute atomic E-state index is 0.280. The van der Waals surface area contributed by atoms with Crippen LogP contribution < -0.4 is 4.74 Å². The lowest BCUT2D eigenvalue weighted by molar-refractivity contribution is -0.135. The van der Waals surface area contributed by atoms with Gasteiger partial charge in [0.05, 0.1) is 14.2 Å². The summed E-state index contributed by atoms with van der Waals surface area (Å²) in [5, 5.41) is 0. The summed E-state index contributed by atoms with van der Waals surface area (Å²) in [6.07, 6.45) is 0.785. The zero-order valence-corrected chi connectivity index (χ0v) is 10.7. The van der Waals surface area contributed by atoms with E-state index in [4.69, 9.17) is 9.47 Å². The number of benzene rings is 1. The third kappa shape index (κ3) is 3.09. The maximum atomic E-state index is 11.5. The number of allylic oxidation sites excluding steroid dienone is 1. The van der Waals surface area contributed by atoms with Crippen molar-refractivity contribution >= 4 is 11.5 Å². The van der Waals surface area contributed by atoms with E-state index in [0.29, 0.717) is 5.57 Å². The van der Waals surface area contributed by atoms with Gasteiger partial charge in [-0.25, -0.2) is 4.79 Å². The Morgan fingerprint density at radius 3 is 2.18 bits per heavy atom. The first kappa shape index (κ1) is 13.3. The highest BCUT2D eigenvalue weighted by molar-refractivity contribution is 5.97. The Hall–Kier alpha value is -1.77. The summed E-state index contributed by atoms with van der Waals surface area (Å²) in [6, 6.07) is 7.67. The number of hydrogen-bond acceptors (Lipinski definition) is 3. The molecule has 0 amide bonds. The van der Waals surface area contributed by atoms with Crippen LogP contribution in [0, 0.1) is 0 Å². The summed E-state index contributed by atoms with van der Waals surface area (Å²) < 4.78 is 9.84. The van der Waals surface area contributed by atoms with Crippen molar-refractivity contribution in [2.24, 2.45) is 0 Å². The van der Waals surface area contributed by atoms with Crippen LogP contribution in [-0.2, 0) is 9.53 Å². The van der Waals surface area contributed by atoms with E-state index in [9.17, 15) is 4.79 Å². The topological polar surface area (TPSA) is 35.5 Å². The fourth-order valence-corrected chi connectivity index (χ4v) is 1.75. The van der Waals surface area contributed by atoms with E-state index >= 15 is 0 Å². The van der Waals surface area contributed by atoms with Gasteiger partial charge in [0.1, 0.15) is 5.75 Å². The van der Waals surface area contributed by atoms with E-state index in [-0.39, 0.29) is 5.97 Å². The van der Waals surface area contributed by atoms with Gasteiger partial charge in [-0.05, 0) is 36.6 Å². The molecular weight excluding hydrogens is 216 g/mol. The Kier molecular flexibility index (Phi) is 4.76. The quantitative estimate of drug-likeness (QED) is 0.593. The first-order chi connectivity index (χ1) is 8.13. The zero-order valence-electron chi connectivity index (χ0n) is 10.7. The second-order valence-corrected chi connectivity index (χ2v) is 3.68. The van der Waals surface area contributed by atoms with Gasteiger partial charge in [-0.2, -0.15) is 0 Å². The van der Waals surface area contributed by atoms with Crippen LogP contribution in [-0.4, -0.2) is 20.2 Å². The number of carbonyl (C=O) groups is 1. The highest BCUT2D eigenvalue weighted by atomic mass is 16.5. The lowest BCUT2D eigenvalue weighted by Crippen LogP contribution is -2.04. The van der Waals surface area contributed by atoms with E-state index in [1.807, 2.05) is 31.2 Å². The van der Waals surface area contributed by atoms with Gasteiger partial charge in [-0.15, -0.1) is 0 Å². The smallest absolute Gasteiger partial charge is 0.333 e. The highest BCUT2D eigenvalue weighted by Crippen LogP contribution is 2.24. The minimum Gasteiger partial charge on any atom is -0.497 e. The van der Waals surface area contributed by atoms with Crippen LogP contribution in [0.25, 0.3) is 5.57 Å². The van der Waals surface area contributed by atoms with E-state index in [1.54, 1.807) is 14.0 Å². The van der Waals surface area contributed by atoms with Crippen molar-refractivity contribution in [2.45, 2.75) is 20.3 Å². The Morgan fingerprint density at radius 1 is 1.18 bits per heavy atom. The molecule has 0 unspecified atom stereocenters. The lowest BCUT2D eigenvalue weighted by Gasteiger charge is -2.10. The Bertz CT molecular complexity index is 416. The molecule has 92 valence electrons. The number of ether oxygens (including phenoxy) is 2. The van der Waals surface area contributed by atoms with Gasteiger partial charge in [0.25, 0.3) is 0 Å². The van der Waals surface area contributed by atoms with Crippen LogP contribution in [0.15, 0.2) is 29.8 Å². The monoisotopic (exact) mass is 234 g/mol. The number of carbonyl (C=O) groups excluding carboxylic acids is 1. The van der Waals surface area contributed by atoms with Crippen molar-refractivity contribution in [2.75, 3.05) is 14.2 Å². The molecule has 0 aliphatic carbocycles. The molecule has 0 heterocycles. The van der Waals surface area contributed by atoms with E-state index in [1.165, 1.54) is 7.11 Å². The second-order valence-electron chi connectivity index (χ2n) is 3.68. The van der Waals surface area contributed by atoms with Crippen LogP contribution in [0.5, 0.6) is 5.75 Å². The third-order valence-corrected chi connectivity index (χ3v) is 2.74. The molecule has 0 aliphatic heterocycles. The molecule has 0 aliphatic rings. The van der Waals surface area contributed by atoms with Crippen molar-refractivity contribution in [1.29, 1.82) is 0 Å². The van der Waals surface area contributed by atoms with Crippen molar-refractivity contribution in [3.8, 4) is 5.75 Å². The average molecular weight is 234 g/mol. The number of esters is 1. The van der Waals surface area contributed by atoms with Crippen LogP contribution >= 0.6 is 0 Å². The molecule has 0 N–H and O–H groups in total. The molecule has 0 fully saturated rings. The van der Waals surface area contributed by atoms with E-state index in [0.717, 1.165) is 23.3 Å². The number of hydrogen-bond donors (Lipinski definition) is 0. The molecule has 0 atom stereocenters. The molecule has 3 heteroatoms. The van der Waals surface area contributed by atoms with E-state index < -0.39 is 0 Å². The van der Waals surface area contributed by atoms with Gasteiger partial charge in [0, 0.05) is 5.57 Å². The summed E-state index contributed by atoms with van der Waals surface area (Å²) in [5.74, 6) is 0.526. The van der Waals surface area contributed by atoms with Gasteiger partial charge in [0.15, 0.2) is 0 Å². The standard InChI is InChI=1S/C14H18O3/c1-5-13(10(2)14(15)17-4)11-6-8-12(16-3)9-7-11/h6-9H,5H2,1-4H3/b13-10-. The van der Waals surface area contributed by atoms with E-state index in [2.05, 4.69) is 0 Å². The van der Waals surface area contributed by atoms with Gasteiger partial charge in [-0.1, -0.05) is 19.1 Å². The summed E-state index contributed by atoms with van der Waals surface area (Å²) in [7, 11) is 3.03. The van der Waals surface area contributed by atoms with Crippen LogP contribution in [0.2, 0.25) is 0 Å². The predicted octanol–water partition coefficient (Wildman–Crippen LogP) is 3.05. The molecule has 0 saturated heterocycles. The van der Waals surface area contributed by atoms with Crippen molar-refractivity contribution in [1.82, 2.24) is 0 Å². The molecule has 1 aromatic rings. The van der Waals surface area contributed by atoms with Crippen LogP contribution in [0.3, 0.4) is 0 Å². The Labute approximate surface area is 102 Å². The average Bonchev–Trinajstić information content (AvgIpc) is 2.39. The maximum absolute atomic E-state index is 11.5. The first-order valence-electron chi connectivity index (χ1n) is 5.56. The summed E-state index contributed by atoms with van der Waals surface area (Å²) in [6.45, 7) is 3.81. The van der Waals surface area contributed by atoms with Gasteiger partial charge in [-0.3, -0.25) is 0 Å². The molecule has 0 spiro atoms. The van der Waals surface area contributed by atoms with Crippen LogP contribution in [0.4, 0.5) is 0 Å². The van der Waals surface area contributed by atoms with Crippen molar-refractivity contribution < 1.29 is 14.3 Å². The Morgan fingerprint density at radius 2 is 1.76 bits per heavy atom. The Balaban J connectivity index is 3.12. The van der Waals surface area contributed by atoms with Gasteiger partial charge < -0.3 is 9.47 Å². The van der Waals surface area contributed by atoms with Gasteiger partial charge >= 0.3 is 5.97 Å². The summed E-state index contributed by atoms with van der Waals surface area (Å²) in [4.78, 5) is 11.5. The molecule has 1 rings (SSSR count). The lowest BCUT2D eigenvalue weighted by atomic mass is 9.98. The van der Waals surface area contributed by atoms with Crippen LogP contribution in [0.1, 0.15) is 25.8 Å². The fourth-order valence-electron chi connectivity index (χ4n) is 1.75. The molecule has 1 aromatic carbocycles. The highest BCUT2D eigenvalue weighted by Gasteiger charge is 2.11. The first-order valence-corrected chi connectivity index (χ1v) is 5.56. The summed E-state index contributed by atoms with van der Waals surface area (Å²) in [5.41, 5.74) is 2.68. The number of methoxy groups -OCH3 is 2. The van der Waals surface area contributed by atoms with Crippen molar-refractivity contribution in [3.63, 3.8) is 0 Å². The maximum Gasteiger partial charge on any atom is 0.333 e. The van der Waals surface area contributed by atoms with Crippen molar-refractivity contribution in [3.05, 3.63) is 35.4 Å². The fraction of sp³-hybridized carbons (Fsp3) is 0.357. The molecule has 0 aromatic heterocycles. The minimum atomic E-state index is -0.280. The third-order valence-electron chi connectivity index (χ3n) is 2.74. The summed E-state index contributed by atoms with van der Waals surface area (Å²) >= 11 is 0. The second kappa shape index (κ2) is 6.09. The SMILES string of the molecule is CC/C(=C(\C)C(=O)OC)c1ccc(OC)cc1. The predicted molar refractivity (Wildman–Crippen MR) is 67.9 cm³/mol. The zero-order chi connectivity index (χ0) is 12.8. The molecule has 17 heavy (non-hydrogen) atoms. The molecule has 0 bridgehead atoms. The molecule has 0 radical (unpaired) electrons. The number of rotatable bonds is 4. The normalized spacial score (nSPS) is 11.8. The largest absolute Gasteiger partial charge is 0.497 e. The molecular formula is C14H18O3. The molecule has 0 saturated carbocycles. The van der Waals surface area contributed by atoms with Gasteiger partial charge in [0.2, 0.25) is 0 Å².